The topological polar surface area (TPSA) is 66.8 Å². The molecule has 2 heterocycles. The predicted octanol–water partition coefficient (Wildman–Crippen LogP) is 2.60. The lowest BCUT2D eigenvalue weighted by Crippen LogP contribution is -2.49. The third-order valence-electron chi connectivity index (χ3n) is 5.48. The van der Waals surface area contributed by atoms with Crippen molar-refractivity contribution in [2.24, 2.45) is 11.8 Å². The van der Waals surface area contributed by atoms with Crippen molar-refractivity contribution in [2.45, 2.75) is 24.4 Å². The summed E-state index contributed by atoms with van der Waals surface area (Å²) in [5, 5.41) is 9.17. The lowest BCUT2D eigenvalue weighted by Gasteiger charge is -2.39. The first kappa shape index (κ1) is 19.6. The van der Waals surface area contributed by atoms with E-state index < -0.39 is 54.2 Å². The zero-order valence-electron chi connectivity index (χ0n) is 14.3. The summed E-state index contributed by atoms with van der Waals surface area (Å²) in [6.45, 7) is -0.810. The molecule has 1 aromatic rings. The van der Waals surface area contributed by atoms with Crippen molar-refractivity contribution in [2.75, 3.05) is 26.3 Å². The second-order valence-corrected chi connectivity index (χ2v) is 7.01. The standard InChI is InChI=1S/C18H19F4NO4/c19-12-3-1-2-11(8-12)17(4-6-27-7-5-17)16(26)23-9-13(15(24)25)14(10-23)18(20,21)22/h1-3,8,13-14H,4-7,9-10H2,(H,24,25)/t13-,14-/m1/s1. The minimum absolute atomic E-state index is 0.195. The number of rotatable bonds is 3. The van der Waals surface area contributed by atoms with Gasteiger partial charge in [0.25, 0.3) is 0 Å². The third-order valence-corrected chi connectivity index (χ3v) is 5.48. The van der Waals surface area contributed by atoms with Crippen molar-refractivity contribution >= 4 is 11.9 Å². The van der Waals surface area contributed by atoms with Gasteiger partial charge >= 0.3 is 12.1 Å². The molecule has 2 aliphatic rings. The molecule has 2 aliphatic heterocycles. The average Bonchev–Trinajstić information content (AvgIpc) is 3.08. The van der Waals surface area contributed by atoms with Crippen molar-refractivity contribution in [1.82, 2.24) is 4.90 Å². The van der Waals surface area contributed by atoms with Gasteiger partial charge in [0.05, 0.1) is 17.3 Å². The van der Waals surface area contributed by atoms with E-state index in [4.69, 9.17) is 9.84 Å². The molecule has 0 unspecified atom stereocenters. The molecule has 0 saturated carbocycles. The van der Waals surface area contributed by atoms with Gasteiger partial charge in [-0.15, -0.1) is 0 Å². The fourth-order valence-corrected chi connectivity index (χ4v) is 3.99. The number of carbonyl (C=O) groups excluding carboxylic acids is 1. The molecule has 1 N–H and O–H groups in total. The summed E-state index contributed by atoms with van der Waals surface area (Å²) in [7, 11) is 0. The summed E-state index contributed by atoms with van der Waals surface area (Å²) in [6.07, 6.45) is -4.33. The summed E-state index contributed by atoms with van der Waals surface area (Å²) in [5.41, 5.74) is -0.845. The van der Waals surface area contributed by atoms with Crippen LogP contribution in [0.4, 0.5) is 17.6 Å². The van der Waals surface area contributed by atoms with Gasteiger partial charge in [-0.3, -0.25) is 9.59 Å². The minimum atomic E-state index is -4.72. The number of carbonyl (C=O) groups is 2. The third kappa shape index (κ3) is 3.65. The van der Waals surface area contributed by atoms with Crippen molar-refractivity contribution in [1.29, 1.82) is 0 Å². The van der Waals surface area contributed by atoms with Crippen LogP contribution in [0.5, 0.6) is 0 Å². The van der Waals surface area contributed by atoms with Gasteiger partial charge in [0.15, 0.2) is 0 Å². The predicted molar refractivity (Wildman–Crippen MR) is 85.4 cm³/mol. The van der Waals surface area contributed by atoms with Crippen LogP contribution >= 0.6 is 0 Å². The number of benzene rings is 1. The lowest BCUT2D eigenvalue weighted by molar-refractivity contribution is -0.188. The van der Waals surface area contributed by atoms with Gasteiger partial charge in [0, 0.05) is 26.3 Å². The highest BCUT2D eigenvalue weighted by Crippen LogP contribution is 2.42. The summed E-state index contributed by atoms with van der Waals surface area (Å²) in [4.78, 5) is 25.5. The number of nitrogens with zero attached hydrogens (tertiary/aromatic N) is 1. The Morgan fingerprint density at radius 2 is 1.85 bits per heavy atom. The van der Waals surface area contributed by atoms with Crippen LogP contribution in [0.15, 0.2) is 24.3 Å². The Kier molecular flexibility index (Phi) is 5.16. The van der Waals surface area contributed by atoms with Gasteiger partial charge in [-0.2, -0.15) is 13.2 Å². The summed E-state index contributed by atoms with van der Waals surface area (Å²) in [6, 6.07) is 5.43. The number of carboxylic acid groups (broad SMARTS) is 1. The van der Waals surface area contributed by atoms with Gasteiger partial charge in [-0.1, -0.05) is 12.1 Å². The molecule has 9 heteroatoms. The first-order valence-electron chi connectivity index (χ1n) is 8.58. The number of hydrogen-bond donors (Lipinski definition) is 1. The van der Waals surface area contributed by atoms with Gasteiger partial charge in [0.1, 0.15) is 5.82 Å². The Morgan fingerprint density at radius 1 is 1.19 bits per heavy atom. The molecule has 148 valence electrons. The highest BCUT2D eigenvalue weighted by Gasteiger charge is 2.56. The molecule has 0 spiro atoms. The molecule has 2 saturated heterocycles. The fourth-order valence-electron chi connectivity index (χ4n) is 3.99. The fraction of sp³-hybridized carbons (Fsp3) is 0.556. The van der Waals surface area contributed by atoms with Crippen LogP contribution in [-0.2, 0) is 19.7 Å². The van der Waals surface area contributed by atoms with Crippen LogP contribution < -0.4 is 0 Å². The van der Waals surface area contributed by atoms with E-state index in [9.17, 15) is 27.2 Å². The van der Waals surface area contributed by atoms with Crippen molar-refractivity contribution in [3.8, 4) is 0 Å². The van der Waals surface area contributed by atoms with Crippen molar-refractivity contribution in [3.05, 3.63) is 35.6 Å². The van der Waals surface area contributed by atoms with E-state index in [1.807, 2.05) is 0 Å². The maximum Gasteiger partial charge on any atom is 0.394 e. The second kappa shape index (κ2) is 7.10. The Morgan fingerprint density at radius 3 is 2.37 bits per heavy atom. The summed E-state index contributed by atoms with van der Waals surface area (Å²) < 4.78 is 58.8. The quantitative estimate of drug-likeness (QED) is 0.807. The van der Waals surface area contributed by atoms with Crippen LogP contribution in [0, 0.1) is 17.7 Å². The zero-order valence-corrected chi connectivity index (χ0v) is 14.3. The van der Waals surface area contributed by atoms with E-state index in [0.717, 1.165) is 4.90 Å². The molecule has 0 aliphatic carbocycles. The van der Waals surface area contributed by atoms with Crippen LogP contribution in [0.1, 0.15) is 18.4 Å². The molecule has 1 amide bonds. The van der Waals surface area contributed by atoms with E-state index in [1.165, 1.54) is 18.2 Å². The smallest absolute Gasteiger partial charge is 0.394 e. The second-order valence-electron chi connectivity index (χ2n) is 7.01. The number of ether oxygens (including phenoxy) is 1. The van der Waals surface area contributed by atoms with Crippen molar-refractivity contribution in [3.63, 3.8) is 0 Å². The summed E-state index contributed by atoms with van der Waals surface area (Å²) in [5.74, 6) is -6.57. The van der Waals surface area contributed by atoms with Crippen LogP contribution in [0.25, 0.3) is 0 Å². The number of amides is 1. The number of halogens is 4. The molecule has 0 bridgehead atoms. The monoisotopic (exact) mass is 389 g/mol. The van der Waals surface area contributed by atoms with E-state index in [0.29, 0.717) is 5.56 Å². The Hall–Kier alpha value is -2.16. The van der Waals surface area contributed by atoms with Crippen LogP contribution in [0.3, 0.4) is 0 Å². The largest absolute Gasteiger partial charge is 0.481 e. The van der Waals surface area contributed by atoms with E-state index in [2.05, 4.69) is 0 Å². The molecular formula is C18H19F4NO4. The zero-order chi connectivity index (χ0) is 19.8. The Bertz CT molecular complexity index is 730. The first-order chi connectivity index (χ1) is 12.6. The molecule has 3 rings (SSSR count). The Labute approximate surface area is 152 Å². The Balaban J connectivity index is 1.95. The molecular weight excluding hydrogens is 370 g/mol. The lowest BCUT2D eigenvalue weighted by atomic mass is 9.73. The van der Waals surface area contributed by atoms with E-state index >= 15 is 0 Å². The first-order valence-corrected chi connectivity index (χ1v) is 8.58. The van der Waals surface area contributed by atoms with Gasteiger partial charge in [-0.25, -0.2) is 4.39 Å². The van der Waals surface area contributed by atoms with Gasteiger partial charge in [0.2, 0.25) is 5.91 Å². The number of hydrogen-bond acceptors (Lipinski definition) is 3. The number of carboxylic acids is 1. The average molecular weight is 389 g/mol. The highest BCUT2D eigenvalue weighted by molar-refractivity contribution is 5.89. The van der Waals surface area contributed by atoms with E-state index in [-0.39, 0.29) is 26.1 Å². The van der Waals surface area contributed by atoms with E-state index in [1.54, 1.807) is 6.07 Å². The molecule has 1 aromatic carbocycles. The van der Waals surface area contributed by atoms with Gasteiger partial charge < -0.3 is 14.7 Å². The normalized spacial score (nSPS) is 25.4. The molecule has 0 aromatic heterocycles. The molecule has 27 heavy (non-hydrogen) atoms. The molecule has 2 fully saturated rings. The highest BCUT2D eigenvalue weighted by atomic mass is 19.4. The maximum absolute atomic E-state index is 13.7. The maximum atomic E-state index is 13.7. The number of aliphatic carboxylic acids is 1. The number of likely N-dealkylation sites (tertiary alicyclic amines) is 1. The number of alkyl halides is 3. The molecule has 2 atom stereocenters. The van der Waals surface area contributed by atoms with Crippen molar-refractivity contribution < 1.29 is 37.0 Å². The SMILES string of the molecule is O=C(O)[C@@H]1CN(C(=O)C2(c3cccc(F)c3)CCOCC2)C[C@H]1C(F)(F)F. The molecule has 0 radical (unpaired) electrons. The minimum Gasteiger partial charge on any atom is -0.481 e. The molecule has 5 nitrogen and oxygen atoms in total. The van der Waals surface area contributed by atoms with Gasteiger partial charge in [-0.05, 0) is 30.5 Å². The van der Waals surface area contributed by atoms with Crippen LogP contribution in [-0.4, -0.2) is 54.4 Å². The van der Waals surface area contributed by atoms with Crippen LogP contribution in [0.2, 0.25) is 0 Å². The summed E-state index contributed by atoms with van der Waals surface area (Å²) >= 11 is 0.